The Hall–Kier alpha value is -1.55. The normalized spacial score (nSPS) is 16.9. The lowest BCUT2D eigenvalue weighted by Crippen LogP contribution is -2.44. The first-order chi connectivity index (χ1) is 9.60. The molecule has 1 aromatic rings. The van der Waals surface area contributed by atoms with Crippen LogP contribution in [0.25, 0.3) is 0 Å². The zero-order valence-corrected chi connectivity index (χ0v) is 12.6. The molecule has 4 nitrogen and oxygen atoms in total. The maximum Gasteiger partial charge on any atom is 0.219 e. The zero-order chi connectivity index (χ0) is 14.5. The average Bonchev–Trinajstić information content (AvgIpc) is 2.48. The molecule has 0 saturated carbocycles. The summed E-state index contributed by atoms with van der Waals surface area (Å²) in [6.45, 7) is 4.72. The molecule has 0 atom stereocenters. The van der Waals surface area contributed by atoms with Crippen LogP contribution in [0.1, 0.15) is 25.3 Å². The summed E-state index contributed by atoms with van der Waals surface area (Å²) in [6.07, 6.45) is 2.12. The van der Waals surface area contributed by atoms with E-state index in [9.17, 15) is 4.79 Å². The molecule has 1 amide bonds. The lowest BCUT2D eigenvalue weighted by Gasteiger charge is -2.36. The highest BCUT2D eigenvalue weighted by Gasteiger charge is 2.23. The summed E-state index contributed by atoms with van der Waals surface area (Å²) in [5.41, 5.74) is 1.31. The molecule has 0 aromatic heterocycles. The maximum absolute atomic E-state index is 11.4. The number of carbonyl (C=O) groups is 1. The first-order valence-corrected chi connectivity index (χ1v) is 7.19. The summed E-state index contributed by atoms with van der Waals surface area (Å²) < 4.78 is 5.17. The first kappa shape index (κ1) is 14.9. The second-order valence-corrected chi connectivity index (χ2v) is 5.49. The maximum atomic E-state index is 11.4. The van der Waals surface area contributed by atoms with Crippen molar-refractivity contribution in [3.63, 3.8) is 0 Å². The van der Waals surface area contributed by atoms with Crippen LogP contribution < -0.4 is 4.74 Å². The van der Waals surface area contributed by atoms with Crippen molar-refractivity contribution in [3.05, 3.63) is 29.8 Å². The molecule has 4 heteroatoms. The molecular weight excluding hydrogens is 252 g/mol. The average molecular weight is 276 g/mol. The van der Waals surface area contributed by atoms with Crippen LogP contribution in [0.5, 0.6) is 5.75 Å². The Bertz CT molecular complexity index is 436. The Kier molecular flexibility index (Phi) is 5.01. The van der Waals surface area contributed by atoms with Gasteiger partial charge in [-0.05, 0) is 30.5 Å². The summed E-state index contributed by atoms with van der Waals surface area (Å²) >= 11 is 0. The summed E-state index contributed by atoms with van der Waals surface area (Å²) in [5.74, 6) is 1.06. The van der Waals surface area contributed by atoms with Crippen molar-refractivity contribution in [1.29, 1.82) is 0 Å². The predicted octanol–water partition coefficient (Wildman–Crippen LogP) is 2.14. The van der Waals surface area contributed by atoms with Gasteiger partial charge in [-0.2, -0.15) is 0 Å². The van der Waals surface area contributed by atoms with Crippen molar-refractivity contribution in [2.75, 3.05) is 27.2 Å². The smallest absolute Gasteiger partial charge is 0.219 e. The number of likely N-dealkylation sites (tertiary alicyclic amines) is 1. The number of piperidine rings is 1. The van der Waals surface area contributed by atoms with Crippen LogP contribution in [0.2, 0.25) is 0 Å². The van der Waals surface area contributed by atoms with Gasteiger partial charge in [-0.15, -0.1) is 0 Å². The molecule has 0 radical (unpaired) electrons. The summed E-state index contributed by atoms with van der Waals surface area (Å²) in [5, 5.41) is 0. The van der Waals surface area contributed by atoms with Crippen LogP contribution in [0.3, 0.4) is 0 Å². The Morgan fingerprint density at radius 1 is 1.30 bits per heavy atom. The number of rotatable bonds is 4. The van der Waals surface area contributed by atoms with Gasteiger partial charge in [0.25, 0.3) is 0 Å². The third-order valence-electron chi connectivity index (χ3n) is 4.17. The fraction of sp³-hybridized carbons (Fsp3) is 0.562. The quantitative estimate of drug-likeness (QED) is 0.844. The largest absolute Gasteiger partial charge is 0.497 e. The van der Waals surface area contributed by atoms with E-state index in [2.05, 4.69) is 17.0 Å². The van der Waals surface area contributed by atoms with Gasteiger partial charge < -0.3 is 9.64 Å². The van der Waals surface area contributed by atoms with Crippen molar-refractivity contribution < 1.29 is 9.53 Å². The van der Waals surface area contributed by atoms with Crippen LogP contribution in [-0.4, -0.2) is 49.0 Å². The van der Waals surface area contributed by atoms with Gasteiger partial charge in [0.15, 0.2) is 0 Å². The molecule has 0 unspecified atom stereocenters. The lowest BCUT2D eigenvalue weighted by atomic mass is 10.0. The second kappa shape index (κ2) is 6.75. The number of amides is 1. The summed E-state index contributed by atoms with van der Waals surface area (Å²) in [7, 11) is 3.59. The summed E-state index contributed by atoms with van der Waals surface area (Å²) in [6, 6.07) is 8.65. The molecular formula is C16H24N2O2. The van der Waals surface area contributed by atoms with E-state index in [0.29, 0.717) is 6.04 Å². The molecule has 1 heterocycles. The van der Waals surface area contributed by atoms with E-state index >= 15 is 0 Å². The van der Waals surface area contributed by atoms with Crippen LogP contribution >= 0.6 is 0 Å². The summed E-state index contributed by atoms with van der Waals surface area (Å²) in [4.78, 5) is 15.7. The van der Waals surface area contributed by atoms with Crippen molar-refractivity contribution >= 4 is 5.91 Å². The van der Waals surface area contributed by atoms with E-state index in [4.69, 9.17) is 4.74 Å². The van der Waals surface area contributed by atoms with Crippen molar-refractivity contribution in [2.45, 2.75) is 32.4 Å². The lowest BCUT2D eigenvalue weighted by molar-refractivity contribution is -0.130. The monoisotopic (exact) mass is 276 g/mol. The predicted molar refractivity (Wildman–Crippen MR) is 79.7 cm³/mol. The standard InChI is InChI=1S/C16H24N2O2/c1-13(19)17(2)15-8-10-18(11-9-15)12-14-4-6-16(20-3)7-5-14/h4-7,15H,8-12H2,1-3H3. The molecule has 20 heavy (non-hydrogen) atoms. The van der Waals surface area contributed by atoms with Gasteiger partial charge in [0.2, 0.25) is 5.91 Å². The van der Waals surface area contributed by atoms with E-state index in [1.54, 1.807) is 14.0 Å². The van der Waals surface area contributed by atoms with Crippen LogP contribution in [0.15, 0.2) is 24.3 Å². The van der Waals surface area contributed by atoms with Crippen molar-refractivity contribution in [2.24, 2.45) is 0 Å². The van der Waals surface area contributed by atoms with E-state index < -0.39 is 0 Å². The van der Waals surface area contributed by atoms with Gasteiger partial charge in [-0.25, -0.2) is 0 Å². The highest BCUT2D eigenvalue weighted by Crippen LogP contribution is 2.19. The minimum absolute atomic E-state index is 0.165. The fourth-order valence-corrected chi connectivity index (χ4v) is 2.71. The highest BCUT2D eigenvalue weighted by atomic mass is 16.5. The third-order valence-corrected chi connectivity index (χ3v) is 4.17. The minimum atomic E-state index is 0.165. The zero-order valence-electron chi connectivity index (χ0n) is 12.6. The number of nitrogens with zero attached hydrogens (tertiary/aromatic N) is 2. The van der Waals surface area contributed by atoms with Crippen molar-refractivity contribution in [3.8, 4) is 5.75 Å². The van der Waals surface area contributed by atoms with Crippen LogP contribution in [-0.2, 0) is 11.3 Å². The molecule has 110 valence electrons. The molecule has 0 N–H and O–H groups in total. The van der Waals surface area contributed by atoms with Gasteiger partial charge in [-0.1, -0.05) is 12.1 Å². The Morgan fingerprint density at radius 2 is 1.90 bits per heavy atom. The minimum Gasteiger partial charge on any atom is -0.497 e. The molecule has 1 aliphatic rings. The van der Waals surface area contributed by atoms with E-state index in [1.807, 2.05) is 24.1 Å². The molecule has 1 aliphatic heterocycles. The van der Waals surface area contributed by atoms with Crippen molar-refractivity contribution in [1.82, 2.24) is 9.80 Å². The molecule has 0 bridgehead atoms. The molecule has 0 aliphatic carbocycles. The SMILES string of the molecule is COc1ccc(CN2CCC(N(C)C(C)=O)CC2)cc1. The third kappa shape index (κ3) is 3.73. The molecule has 1 aromatic carbocycles. The molecule has 1 saturated heterocycles. The fourth-order valence-electron chi connectivity index (χ4n) is 2.71. The topological polar surface area (TPSA) is 32.8 Å². The Morgan fingerprint density at radius 3 is 2.40 bits per heavy atom. The molecule has 0 spiro atoms. The van der Waals surface area contributed by atoms with E-state index in [0.717, 1.165) is 38.2 Å². The van der Waals surface area contributed by atoms with Gasteiger partial charge >= 0.3 is 0 Å². The van der Waals surface area contributed by atoms with Crippen LogP contribution in [0.4, 0.5) is 0 Å². The number of hydrogen-bond donors (Lipinski definition) is 0. The van der Waals surface area contributed by atoms with Gasteiger partial charge in [0, 0.05) is 39.6 Å². The first-order valence-electron chi connectivity index (χ1n) is 7.19. The number of methoxy groups -OCH3 is 1. The molecule has 2 rings (SSSR count). The Labute approximate surface area is 121 Å². The second-order valence-electron chi connectivity index (χ2n) is 5.49. The highest BCUT2D eigenvalue weighted by molar-refractivity contribution is 5.73. The van der Waals surface area contributed by atoms with Gasteiger partial charge in [0.1, 0.15) is 5.75 Å². The number of hydrogen-bond acceptors (Lipinski definition) is 3. The van der Waals surface area contributed by atoms with Gasteiger partial charge in [0.05, 0.1) is 7.11 Å². The Balaban J connectivity index is 1.83. The number of benzene rings is 1. The van der Waals surface area contributed by atoms with Crippen LogP contribution in [0, 0.1) is 0 Å². The number of ether oxygens (including phenoxy) is 1. The van der Waals surface area contributed by atoms with E-state index in [1.165, 1.54) is 5.56 Å². The molecule has 1 fully saturated rings. The van der Waals surface area contributed by atoms with E-state index in [-0.39, 0.29) is 5.91 Å². The van der Waals surface area contributed by atoms with Gasteiger partial charge in [-0.3, -0.25) is 9.69 Å². The number of carbonyl (C=O) groups excluding carboxylic acids is 1.